The van der Waals surface area contributed by atoms with E-state index >= 15 is 0 Å². The van der Waals surface area contributed by atoms with E-state index in [1.165, 1.54) is 6.07 Å². The number of nitrogens with one attached hydrogen (secondary N) is 2. The minimum Gasteiger partial charge on any atom is -0.377 e. The number of halogens is 1. The van der Waals surface area contributed by atoms with Gasteiger partial charge < -0.3 is 4.74 Å². The smallest absolute Gasteiger partial charge is 0.238 e. The van der Waals surface area contributed by atoms with Crippen LogP contribution in [0.1, 0.15) is 31.4 Å². The summed E-state index contributed by atoms with van der Waals surface area (Å²) in [5.41, 5.74) is 7.59. The Morgan fingerprint density at radius 2 is 2.13 bits per heavy atom. The maximum atomic E-state index is 11.6. The van der Waals surface area contributed by atoms with Crippen LogP contribution in [0.3, 0.4) is 0 Å². The van der Waals surface area contributed by atoms with E-state index in [1.807, 2.05) is 13.0 Å². The third-order valence-corrected chi connectivity index (χ3v) is 6.56. The highest BCUT2D eigenvalue weighted by Gasteiger charge is 2.44. The maximum absolute atomic E-state index is 11.6. The van der Waals surface area contributed by atoms with Gasteiger partial charge in [-0.05, 0) is 43.4 Å². The van der Waals surface area contributed by atoms with E-state index in [9.17, 15) is 8.42 Å². The summed E-state index contributed by atoms with van der Waals surface area (Å²) in [6, 6.07) is 7.24. The van der Waals surface area contributed by atoms with Crippen LogP contribution in [-0.2, 0) is 14.8 Å². The normalized spacial score (nSPS) is 34.3. The second-order valence-electron chi connectivity index (χ2n) is 6.14. The summed E-state index contributed by atoms with van der Waals surface area (Å²) < 4.78 is 29.0. The Labute approximate surface area is 145 Å². The number of rotatable bonds is 4. The number of primary sulfonamides is 1. The summed E-state index contributed by atoms with van der Waals surface area (Å²) in [4.78, 5) is 0.475. The van der Waals surface area contributed by atoms with Crippen molar-refractivity contribution < 1.29 is 13.2 Å². The Hall–Kier alpha value is -0.510. The zero-order chi connectivity index (χ0) is 16.6. The minimum absolute atomic E-state index is 0.0460. The molecule has 1 saturated carbocycles. The molecule has 0 radical (unpaired) electrons. The van der Waals surface area contributed by atoms with Crippen LogP contribution >= 0.6 is 15.9 Å². The molecule has 1 heterocycles. The Morgan fingerprint density at radius 3 is 2.83 bits per heavy atom. The summed E-state index contributed by atoms with van der Waals surface area (Å²) in [5.74, 6) is 0.344. The number of benzene rings is 1. The van der Waals surface area contributed by atoms with Gasteiger partial charge in [0, 0.05) is 17.5 Å². The standard InChI is InChI=1S/C15H22BrN3O3S/c1-2-22-14-7-11-13(8-12(14)16)18-19-15(11)9-4-3-5-10(6-9)23(17,20)21/h3-6,11-15,18-19H,2,7-8H2,1H3,(H2,17,20,21). The molecule has 1 aliphatic heterocycles. The van der Waals surface area contributed by atoms with Crippen LogP contribution in [0.5, 0.6) is 0 Å². The van der Waals surface area contributed by atoms with Gasteiger partial charge in [0.15, 0.2) is 0 Å². The number of nitrogens with two attached hydrogens (primary N) is 1. The number of ether oxygens (including phenoxy) is 1. The molecule has 0 bridgehead atoms. The molecule has 2 aliphatic rings. The number of hydrazine groups is 1. The quantitative estimate of drug-likeness (QED) is 0.661. The van der Waals surface area contributed by atoms with Crippen molar-refractivity contribution in [2.45, 2.75) is 47.7 Å². The van der Waals surface area contributed by atoms with Gasteiger partial charge in [-0.2, -0.15) is 0 Å². The molecule has 6 nitrogen and oxygen atoms in total. The van der Waals surface area contributed by atoms with E-state index in [-0.39, 0.29) is 17.0 Å². The fourth-order valence-corrected chi connectivity index (χ4v) is 4.93. The average Bonchev–Trinajstić information content (AvgIpc) is 2.90. The second-order valence-corrected chi connectivity index (χ2v) is 8.87. The summed E-state index contributed by atoms with van der Waals surface area (Å²) in [6.45, 7) is 2.70. The van der Waals surface area contributed by atoms with Gasteiger partial charge in [0.2, 0.25) is 10.0 Å². The van der Waals surface area contributed by atoms with Gasteiger partial charge in [-0.25, -0.2) is 19.0 Å². The fraction of sp³-hybridized carbons (Fsp3) is 0.600. The largest absolute Gasteiger partial charge is 0.377 e. The molecule has 2 fully saturated rings. The molecule has 1 aromatic rings. The molecule has 0 spiro atoms. The van der Waals surface area contributed by atoms with E-state index in [0.717, 1.165) is 18.4 Å². The van der Waals surface area contributed by atoms with Crippen molar-refractivity contribution in [3.8, 4) is 0 Å². The van der Waals surface area contributed by atoms with Gasteiger partial charge >= 0.3 is 0 Å². The molecule has 8 heteroatoms. The Morgan fingerprint density at radius 1 is 1.35 bits per heavy atom. The number of fused-ring (bicyclic) bond motifs is 1. The van der Waals surface area contributed by atoms with Crippen molar-refractivity contribution in [1.82, 2.24) is 10.9 Å². The Kier molecular flexibility index (Phi) is 5.10. The molecule has 0 amide bonds. The summed E-state index contributed by atoms with van der Waals surface area (Å²) >= 11 is 3.72. The Balaban J connectivity index is 1.84. The van der Waals surface area contributed by atoms with Crippen molar-refractivity contribution in [3.63, 3.8) is 0 Å². The van der Waals surface area contributed by atoms with E-state index in [2.05, 4.69) is 26.8 Å². The van der Waals surface area contributed by atoms with Gasteiger partial charge in [-0.1, -0.05) is 28.1 Å². The van der Waals surface area contributed by atoms with Gasteiger partial charge in [0.05, 0.1) is 17.0 Å². The lowest BCUT2D eigenvalue weighted by atomic mass is 9.78. The van der Waals surface area contributed by atoms with E-state index in [0.29, 0.717) is 23.4 Å². The van der Waals surface area contributed by atoms with Crippen molar-refractivity contribution in [2.75, 3.05) is 6.61 Å². The average molecular weight is 404 g/mol. The molecule has 3 rings (SSSR count). The van der Waals surface area contributed by atoms with Crippen LogP contribution in [0.4, 0.5) is 0 Å². The minimum atomic E-state index is -3.69. The number of sulfonamides is 1. The van der Waals surface area contributed by atoms with Crippen LogP contribution in [0.2, 0.25) is 0 Å². The third-order valence-electron chi connectivity index (χ3n) is 4.68. The van der Waals surface area contributed by atoms with E-state index in [1.54, 1.807) is 12.1 Å². The van der Waals surface area contributed by atoms with Crippen LogP contribution in [0.25, 0.3) is 0 Å². The highest BCUT2D eigenvalue weighted by Crippen LogP contribution is 2.41. The topological polar surface area (TPSA) is 93.4 Å². The van der Waals surface area contributed by atoms with Gasteiger partial charge in [0.25, 0.3) is 0 Å². The molecular formula is C15H22BrN3O3S. The van der Waals surface area contributed by atoms with Crippen LogP contribution in [0, 0.1) is 5.92 Å². The zero-order valence-corrected chi connectivity index (χ0v) is 15.3. The highest BCUT2D eigenvalue weighted by atomic mass is 79.9. The van der Waals surface area contributed by atoms with Crippen LogP contribution < -0.4 is 16.0 Å². The lowest BCUT2D eigenvalue weighted by Crippen LogP contribution is -2.43. The highest BCUT2D eigenvalue weighted by molar-refractivity contribution is 9.09. The summed E-state index contributed by atoms with van der Waals surface area (Å²) in [7, 11) is -3.69. The lowest BCUT2D eigenvalue weighted by Gasteiger charge is -2.36. The van der Waals surface area contributed by atoms with Gasteiger partial charge in [-0.15, -0.1) is 0 Å². The van der Waals surface area contributed by atoms with E-state index < -0.39 is 10.0 Å². The first-order valence-electron chi connectivity index (χ1n) is 7.79. The van der Waals surface area contributed by atoms with Crippen molar-refractivity contribution in [2.24, 2.45) is 11.1 Å². The zero-order valence-electron chi connectivity index (χ0n) is 12.9. The number of alkyl halides is 1. The first kappa shape index (κ1) is 17.3. The van der Waals surface area contributed by atoms with Crippen molar-refractivity contribution in [3.05, 3.63) is 29.8 Å². The molecular weight excluding hydrogens is 382 g/mol. The maximum Gasteiger partial charge on any atom is 0.238 e. The fourth-order valence-electron chi connectivity index (χ4n) is 3.59. The predicted molar refractivity (Wildman–Crippen MR) is 91.5 cm³/mol. The van der Waals surface area contributed by atoms with Crippen molar-refractivity contribution >= 4 is 26.0 Å². The van der Waals surface area contributed by atoms with Crippen LogP contribution in [0.15, 0.2) is 29.2 Å². The van der Waals surface area contributed by atoms with Crippen LogP contribution in [-0.4, -0.2) is 32.0 Å². The molecule has 0 aromatic heterocycles. The summed E-state index contributed by atoms with van der Waals surface area (Å²) in [6.07, 6.45) is 2.05. The number of hydrogen-bond donors (Lipinski definition) is 3. The molecule has 128 valence electrons. The lowest BCUT2D eigenvalue weighted by molar-refractivity contribution is 0.0214. The number of hydrogen-bond acceptors (Lipinski definition) is 5. The molecule has 4 N–H and O–H groups in total. The molecule has 5 atom stereocenters. The van der Waals surface area contributed by atoms with E-state index in [4.69, 9.17) is 9.88 Å². The SMILES string of the molecule is CCOC1CC2C(CC1Br)NNC2c1cccc(S(N)(=O)=O)c1. The first-order valence-corrected chi connectivity index (χ1v) is 10.3. The predicted octanol–water partition coefficient (Wildman–Crippen LogP) is 1.43. The second kappa shape index (κ2) is 6.78. The summed E-state index contributed by atoms with van der Waals surface area (Å²) in [5, 5.41) is 5.25. The van der Waals surface area contributed by atoms with Gasteiger partial charge in [0.1, 0.15) is 0 Å². The van der Waals surface area contributed by atoms with Crippen molar-refractivity contribution in [1.29, 1.82) is 0 Å². The monoisotopic (exact) mass is 403 g/mol. The van der Waals surface area contributed by atoms with Gasteiger partial charge in [-0.3, -0.25) is 5.43 Å². The Bertz CT molecular complexity index is 670. The molecule has 1 aromatic carbocycles. The first-order chi connectivity index (χ1) is 10.9. The molecule has 1 aliphatic carbocycles. The molecule has 23 heavy (non-hydrogen) atoms. The third kappa shape index (κ3) is 3.62. The molecule has 1 saturated heterocycles. The molecule has 5 unspecified atom stereocenters.